The number of aliphatic hydroxyl groups is 1. The molecule has 0 aromatic carbocycles. The topological polar surface area (TPSA) is 97.8 Å². The molecule has 2 rings (SSSR count). The van der Waals surface area contributed by atoms with E-state index in [1.165, 1.54) is 12.4 Å². The fraction of sp³-hybridized carbons (Fsp3) is 0.588. The monoisotopic (exact) mass is 336 g/mol. The van der Waals surface area contributed by atoms with E-state index < -0.39 is 30.1 Å². The van der Waals surface area contributed by atoms with Gasteiger partial charge in [0, 0.05) is 12.4 Å². The van der Waals surface area contributed by atoms with E-state index in [2.05, 4.69) is 10.3 Å². The molecule has 0 aliphatic carbocycles. The maximum Gasteiger partial charge on any atom is 0.331 e. The number of rotatable bonds is 7. The summed E-state index contributed by atoms with van der Waals surface area (Å²) in [6.07, 6.45) is 3.51. The third-order valence-corrected chi connectivity index (χ3v) is 4.06. The zero-order valence-electron chi connectivity index (χ0n) is 14.0. The normalized spacial score (nSPS) is 22.6. The van der Waals surface area contributed by atoms with Crippen molar-refractivity contribution in [2.45, 2.75) is 57.5 Å². The minimum absolute atomic E-state index is 0.0620. The molecule has 4 atom stereocenters. The highest BCUT2D eigenvalue weighted by atomic mass is 16.5. The molecular formula is C17H24N2O5. The van der Waals surface area contributed by atoms with Crippen LogP contribution in [0.1, 0.15) is 44.8 Å². The van der Waals surface area contributed by atoms with Crippen LogP contribution in [-0.4, -0.2) is 46.8 Å². The van der Waals surface area contributed by atoms with Gasteiger partial charge in [0.2, 0.25) is 5.91 Å². The number of nitrogens with zero attached hydrogens (tertiary/aromatic N) is 1. The quantitative estimate of drug-likeness (QED) is 0.724. The Kier molecular flexibility index (Phi) is 6.69. The van der Waals surface area contributed by atoms with E-state index in [0.717, 1.165) is 12.8 Å². The molecule has 1 aliphatic rings. The number of ether oxygens (including phenoxy) is 2. The number of carbonyl (C=O) groups is 2. The molecule has 132 valence electrons. The summed E-state index contributed by atoms with van der Waals surface area (Å²) in [4.78, 5) is 28.4. The molecule has 1 aromatic heterocycles. The van der Waals surface area contributed by atoms with Crippen LogP contribution in [0.4, 0.5) is 0 Å². The van der Waals surface area contributed by atoms with Crippen LogP contribution in [0.25, 0.3) is 0 Å². The highest BCUT2D eigenvalue weighted by Crippen LogP contribution is 2.23. The fourth-order valence-electron chi connectivity index (χ4n) is 2.70. The zero-order chi connectivity index (χ0) is 17.5. The van der Waals surface area contributed by atoms with Crippen LogP contribution >= 0.6 is 0 Å². The Labute approximate surface area is 141 Å². The van der Waals surface area contributed by atoms with Gasteiger partial charge in [-0.1, -0.05) is 6.92 Å². The van der Waals surface area contributed by atoms with Crippen molar-refractivity contribution in [3.05, 3.63) is 30.1 Å². The Balaban J connectivity index is 2.09. The van der Waals surface area contributed by atoms with E-state index in [1.807, 2.05) is 6.92 Å². The summed E-state index contributed by atoms with van der Waals surface area (Å²) in [5, 5.41) is 13.1. The SMILES string of the molecule is CCOC(=O)C(NC(=O)C1CCC(CC)O1)C(O)c1ccncc1. The molecule has 0 bridgehead atoms. The first-order valence-electron chi connectivity index (χ1n) is 8.27. The Hall–Kier alpha value is -1.99. The second-order valence-corrected chi connectivity index (χ2v) is 5.70. The Morgan fingerprint density at radius 2 is 2.08 bits per heavy atom. The molecule has 7 heteroatoms. The lowest BCUT2D eigenvalue weighted by Gasteiger charge is -2.24. The molecule has 1 aromatic rings. The first-order valence-corrected chi connectivity index (χ1v) is 8.27. The maximum atomic E-state index is 12.4. The first-order chi connectivity index (χ1) is 11.6. The lowest BCUT2D eigenvalue weighted by atomic mass is 10.0. The highest BCUT2D eigenvalue weighted by Gasteiger charge is 2.36. The van der Waals surface area contributed by atoms with E-state index in [1.54, 1.807) is 19.1 Å². The molecule has 1 amide bonds. The lowest BCUT2D eigenvalue weighted by molar-refractivity contribution is -0.152. The van der Waals surface area contributed by atoms with Crippen molar-refractivity contribution in [2.75, 3.05) is 6.61 Å². The van der Waals surface area contributed by atoms with Gasteiger partial charge in [0.1, 0.15) is 12.2 Å². The lowest BCUT2D eigenvalue weighted by Crippen LogP contribution is -2.49. The molecule has 0 spiro atoms. The number of carbonyl (C=O) groups excluding carboxylic acids is 2. The summed E-state index contributed by atoms with van der Waals surface area (Å²) in [7, 11) is 0. The van der Waals surface area contributed by atoms with E-state index in [4.69, 9.17) is 9.47 Å². The van der Waals surface area contributed by atoms with Gasteiger partial charge in [0.25, 0.3) is 0 Å². The molecule has 4 unspecified atom stereocenters. The molecular weight excluding hydrogens is 312 g/mol. The van der Waals surface area contributed by atoms with Gasteiger partial charge in [-0.2, -0.15) is 0 Å². The second kappa shape index (κ2) is 8.75. The van der Waals surface area contributed by atoms with Crippen LogP contribution in [-0.2, 0) is 19.1 Å². The zero-order valence-corrected chi connectivity index (χ0v) is 14.0. The van der Waals surface area contributed by atoms with Crippen molar-refractivity contribution in [2.24, 2.45) is 0 Å². The predicted octanol–water partition coefficient (Wildman–Crippen LogP) is 1.12. The molecule has 0 saturated carbocycles. The van der Waals surface area contributed by atoms with Crippen molar-refractivity contribution in [1.29, 1.82) is 0 Å². The van der Waals surface area contributed by atoms with Crippen LogP contribution in [0, 0.1) is 0 Å². The molecule has 2 heterocycles. The Morgan fingerprint density at radius 3 is 2.67 bits per heavy atom. The van der Waals surface area contributed by atoms with Gasteiger partial charge in [-0.15, -0.1) is 0 Å². The Morgan fingerprint density at radius 1 is 1.38 bits per heavy atom. The average Bonchev–Trinajstić information content (AvgIpc) is 3.09. The van der Waals surface area contributed by atoms with Crippen LogP contribution in [0.15, 0.2) is 24.5 Å². The van der Waals surface area contributed by atoms with Crippen molar-refractivity contribution < 1.29 is 24.2 Å². The number of pyridine rings is 1. The molecule has 7 nitrogen and oxygen atoms in total. The molecule has 1 fully saturated rings. The number of aliphatic hydroxyl groups excluding tert-OH is 1. The molecule has 1 saturated heterocycles. The molecule has 2 N–H and O–H groups in total. The van der Waals surface area contributed by atoms with Gasteiger partial charge < -0.3 is 19.9 Å². The Bertz CT molecular complexity index is 551. The smallest absolute Gasteiger partial charge is 0.331 e. The largest absolute Gasteiger partial charge is 0.464 e. The predicted molar refractivity (Wildman–Crippen MR) is 85.9 cm³/mol. The van der Waals surface area contributed by atoms with Gasteiger partial charge in [0.15, 0.2) is 6.04 Å². The number of hydrogen-bond acceptors (Lipinski definition) is 6. The number of aromatic nitrogens is 1. The summed E-state index contributed by atoms with van der Waals surface area (Å²) in [6, 6.07) is 1.98. The summed E-state index contributed by atoms with van der Waals surface area (Å²) < 4.78 is 10.6. The molecule has 0 radical (unpaired) electrons. The van der Waals surface area contributed by atoms with Crippen LogP contribution in [0.5, 0.6) is 0 Å². The summed E-state index contributed by atoms with van der Waals surface area (Å²) in [5.74, 6) is -1.09. The van der Waals surface area contributed by atoms with Gasteiger partial charge in [-0.3, -0.25) is 9.78 Å². The van der Waals surface area contributed by atoms with Crippen molar-refractivity contribution in [3.8, 4) is 0 Å². The number of nitrogens with one attached hydrogen (secondary N) is 1. The maximum absolute atomic E-state index is 12.4. The second-order valence-electron chi connectivity index (χ2n) is 5.70. The third kappa shape index (κ3) is 4.52. The van der Waals surface area contributed by atoms with Crippen LogP contribution in [0.2, 0.25) is 0 Å². The van der Waals surface area contributed by atoms with Crippen LogP contribution < -0.4 is 5.32 Å². The van der Waals surface area contributed by atoms with Crippen molar-refractivity contribution in [1.82, 2.24) is 10.3 Å². The van der Waals surface area contributed by atoms with Gasteiger partial charge in [-0.25, -0.2) is 4.79 Å². The average molecular weight is 336 g/mol. The minimum Gasteiger partial charge on any atom is -0.464 e. The standard InChI is InChI=1S/C17H24N2O5/c1-3-12-5-6-13(24-12)16(21)19-14(17(22)23-4-2)15(20)11-7-9-18-10-8-11/h7-10,12-15,20H,3-6H2,1-2H3,(H,19,21). The van der Waals surface area contributed by atoms with E-state index >= 15 is 0 Å². The minimum atomic E-state index is -1.22. The van der Waals surface area contributed by atoms with Gasteiger partial charge >= 0.3 is 5.97 Å². The molecule has 1 aliphatic heterocycles. The van der Waals surface area contributed by atoms with Crippen LogP contribution in [0.3, 0.4) is 0 Å². The first kappa shape index (κ1) is 18.4. The summed E-state index contributed by atoms with van der Waals surface area (Å²) in [5.41, 5.74) is 0.474. The van der Waals surface area contributed by atoms with E-state index in [-0.39, 0.29) is 12.7 Å². The number of esters is 1. The summed E-state index contributed by atoms with van der Waals surface area (Å²) in [6.45, 7) is 3.83. The van der Waals surface area contributed by atoms with Crippen molar-refractivity contribution in [3.63, 3.8) is 0 Å². The fourth-order valence-corrected chi connectivity index (χ4v) is 2.70. The summed E-state index contributed by atoms with van der Waals surface area (Å²) >= 11 is 0. The number of amides is 1. The third-order valence-electron chi connectivity index (χ3n) is 4.06. The van der Waals surface area contributed by atoms with Gasteiger partial charge in [-0.05, 0) is 43.9 Å². The molecule has 24 heavy (non-hydrogen) atoms. The highest BCUT2D eigenvalue weighted by molar-refractivity contribution is 5.87. The number of hydrogen-bond donors (Lipinski definition) is 2. The van der Waals surface area contributed by atoms with E-state index in [0.29, 0.717) is 12.0 Å². The van der Waals surface area contributed by atoms with E-state index in [9.17, 15) is 14.7 Å². The van der Waals surface area contributed by atoms with Crippen molar-refractivity contribution >= 4 is 11.9 Å². The van der Waals surface area contributed by atoms with Gasteiger partial charge in [0.05, 0.1) is 12.7 Å².